The number of hydrogen-bond donors (Lipinski definition) is 1. The van der Waals surface area contributed by atoms with Crippen molar-refractivity contribution in [2.75, 3.05) is 20.8 Å². The van der Waals surface area contributed by atoms with Gasteiger partial charge in [0, 0.05) is 30.8 Å². The van der Waals surface area contributed by atoms with Crippen molar-refractivity contribution >= 4 is 11.6 Å². The lowest BCUT2D eigenvalue weighted by atomic mass is 10.1. The molecule has 0 aliphatic carbocycles. The van der Waals surface area contributed by atoms with Crippen LogP contribution in [0.2, 0.25) is 0 Å². The molecule has 3 aromatic rings. The van der Waals surface area contributed by atoms with Crippen molar-refractivity contribution in [3.05, 3.63) is 54.0 Å². The number of carbonyl (C=O) groups is 1. The number of rotatable bonds is 7. The molecule has 0 fully saturated rings. The van der Waals surface area contributed by atoms with E-state index in [-0.39, 0.29) is 12.3 Å². The van der Waals surface area contributed by atoms with Crippen LogP contribution in [0, 0.1) is 0 Å². The molecule has 2 heterocycles. The second-order valence-corrected chi connectivity index (χ2v) is 5.50. The Morgan fingerprint density at radius 3 is 2.84 bits per heavy atom. The van der Waals surface area contributed by atoms with Crippen LogP contribution < -0.4 is 14.8 Å². The molecule has 7 heteroatoms. The molecule has 2 aromatic heterocycles. The van der Waals surface area contributed by atoms with E-state index in [4.69, 9.17) is 9.47 Å². The molecule has 0 unspecified atom stereocenters. The number of benzene rings is 1. The first-order chi connectivity index (χ1) is 12.2. The molecule has 0 saturated carbocycles. The van der Waals surface area contributed by atoms with Crippen LogP contribution >= 0.6 is 0 Å². The number of amides is 1. The van der Waals surface area contributed by atoms with E-state index >= 15 is 0 Å². The summed E-state index contributed by atoms with van der Waals surface area (Å²) in [5, 5.41) is 11.2. The fourth-order valence-corrected chi connectivity index (χ4v) is 2.61. The van der Waals surface area contributed by atoms with E-state index in [0.717, 1.165) is 17.0 Å². The third-order valence-electron chi connectivity index (χ3n) is 3.90. The highest BCUT2D eigenvalue weighted by atomic mass is 16.5. The highest BCUT2D eigenvalue weighted by Crippen LogP contribution is 2.24. The maximum atomic E-state index is 12.2. The van der Waals surface area contributed by atoms with Crippen LogP contribution in [-0.4, -0.2) is 41.3 Å². The minimum atomic E-state index is -0.0720. The van der Waals surface area contributed by atoms with Crippen molar-refractivity contribution in [2.45, 2.75) is 12.8 Å². The summed E-state index contributed by atoms with van der Waals surface area (Å²) in [6.45, 7) is 0.493. The molecular weight excluding hydrogens is 320 g/mol. The largest absolute Gasteiger partial charge is 0.497 e. The zero-order valence-corrected chi connectivity index (χ0v) is 14.2. The second-order valence-electron chi connectivity index (χ2n) is 5.50. The minimum absolute atomic E-state index is 0.0720. The highest BCUT2D eigenvalue weighted by Gasteiger charge is 2.11. The Kier molecular flexibility index (Phi) is 5.13. The SMILES string of the molecule is COc1ccc(CC(=O)NCCc2nnc3ccccn23)c(OC)c1. The average molecular weight is 340 g/mol. The van der Waals surface area contributed by atoms with Gasteiger partial charge in [-0.25, -0.2) is 0 Å². The molecule has 3 rings (SSSR count). The van der Waals surface area contributed by atoms with E-state index in [0.29, 0.717) is 24.5 Å². The van der Waals surface area contributed by atoms with E-state index in [9.17, 15) is 4.79 Å². The third-order valence-corrected chi connectivity index (χ3v) is 3.90. The Morgan fingerprint density at radius 1 is 1.16 bits per heavy atom. The van der Waals surface area contributed by atoms with Gasteiger partial charge in [0.25, 0.3) is 0 Å². The van der Waals surface area contributed by atoms with Crippen molar-refractivity contribution in [1.82, 2.24) is 19.9 Å². The van der Waals surface area contributed by atoms with Crippen LogP contribution in [0.5, 0.6) is 11.5 Å². The quantitative estimate of drug-likeness (QED) is 0.708. The summed E-state index contributed by atoms with van der Waals surface area (Å²) < 4.78 is 12.4. The van der Waals surface area contributed by atoms with Crippen LogP contribution in [0.3, 0.4) is 0 Å². The lowest BCUT2D eigenvalue weighted by Gasteiger charge is -2.10. The molecule has 0 aliphatic heterocycles. The zero-order valence-electron chi connectivity index (χ0n) is 14.2. The number of hydrogen-bond acceptors (Lipinski definition) is 5. The molecule has 0 spiro atoms. The summed E-state index contributed by atoms with van der Waals surface area (Å²) in [6.07, 6.45) is 2.76. The van der Waals surface area contributed by atoms with Crippen molar-refractivity contribution in [1.29, 1.82) is 0 Å². The molecule has 1 aromatic carbocycles. The maximum Gasteiger partial charge on any atom is 0.224 e. The van der Waals surface area contributed by atoms with E-state index in [1.165, 1.54) is 0 Å². The number of aromatic nitrogens is 3. The van der Waals surface area contributed by atoms with Crippen LogP contribution in [0.25, 0.3) is 5.65 Å². The Morgan fingerprint density at radius 2 is 2.04 bits per heavy atom. The van der Waals surface area contributed by atoms with Gasteiger partial charge in [-0.05, 0) is 18.2 Å². The number of ether oxygens (including phenoxy) is 2. The van der Waals surface area contributed by atoms with Gasteiger partial charge in [-0.2, -0.15) is 0 Å². The number of carbonyl (C=O) groups excluding carboxylic acids is 1. The Hall–Kier alpha value is -3.09. The van der Waals surface area contributed by atoms with Crippen LogP contribution in [0.15, 0.2) is 42.6 Å². The first kappa shape index (κ1) is 16.8. The number of nitrogens with one attached hydrogen (secondary N) is 1. The van der Waals surface area contributed by atoms with Gasteiger partial charge in [-0.1, -0.05) is 12.1 Å². The molecule has 0 bridgehead atoms. The molecular formula is C18H20N4O3. The number of pyridine rings is 1. The van der Waals surface area contributed by atoms with Crippen molar-refractivity contribution < 1.29 is 14.3 Å². The molecule has 25 heavy (non-hydrogen) atoms. The minimum Gasteiger partial charge on any atom is -0.497 e. The van der Waals surface area contributed by atoms with E-state index in [1.807, 2.05) is 40.9 Å². The number of nitrogens with zero attached hydrogens (tertiary/aromatic N) is 3. The highest BCUT2D eigenvalue weighted by molar-refractivity contribution is 5.79. The van der Waals surface area contributed by atoms with Gasteiger partial charge in [-0.3, -0.25) is 9.20 Å². The fraction of sp³-hybridized carbons (Fsp3) is 0.278. The van der Waals surface area contributed by atoms with Gasteiger partial charge in [0.1, 0.15) is 17.3 Å². The molecule has 7 nitrogen and oxygen atoms in total. The maximum absolute atomic E-state index is 12.2. The number of methoxy groups -OCH3 is 2. The van der Waals surface area contributed by atoms with Crippen LogP contribution in [-0.2, 0) is 17.6 Å². The summed E-state index contributed by atoms with van der Waals surface area (Å²) >= 11 is 0. The van der Waals surface area contributed by atoms with Gasteiger partial charge < -0.3 is 14.8 Å². The lowest BCUT2D eigenvalue weighted by Crippen LogP contribution is -2.27. The lowest BCUT2D eigenvalue weighted by molar-refractivity contribution is -0.120. The Bertz CT molecular complexity index is 876. The second kappa shape index (κ2) is 7.65. The summed E-state index contributed by atoms with van der Waals surface area (Å²) in [5.41, 5.74) is 1.61. The van der Waals surface area contributed by atoms with Gasteiger partial charge in [0.05, 0.1) is 20.6 Å². The van der Waals surface area contributed by atoms with Crippen molar-refractivity contribution in [2.24, 2.45) is 0 Å². The first-order valence-corrected chi connectivity index (χ1v) is 7.97. The van der Waals surface area contributed by atoms with Gasteiger partial charge >= 0.3 is 0 Å². The topological polar surface area (TPSA) is 77.8 Å². The zero-order chi connectivity index (χ0) is 17.6. The third kappa shape index (κ3) is 3.88. The predicted octanol–water partition coefficient (Wildman–Crippen LogP) is 1.65. The fourth-order valence-electron chi connectivity index (χ4n) is 2.61. The molecule has 0 atom stereocenters. The van der Waals surface area contributed by atoms with Crippen LogP contribution in [0.1, 0.15) is 11.4 Å². The average Bonchev–Trinajstić information content (AvgIpc) is 3.05. The Balaban J connectivity index is 1.56. The van der Waals surface area contributed by atoms with Gasteiger partial charge in [-0.15, -0.1) is 10.2 Å². The molecule has 1 amide bonds. The van der Waals surface area contributed by atoms with Gasteiger partial charge in [0.2, 0.25) is 5.91 Å². The van der Waals surface area contributed by atoms with E-state index in [1.54, 1.807) is 20.3 Å². The predicted molar refractivity (Wildman–Crippen MR) is 93.0 cm³/mol. The Labute approximate surface area is 145 Å². The van der Waals surface area contributed by atoms with Crippen LogP contribution in [0.4, 0.5) is 0 Å². The molecule has 0 saturated heterocycles. The standard InChI is InChI=1S/C18H20N4O3/c1-24-14-7-6-13(15(12-14)25-2)11-18(23)19-9-8-17-21-20-16-5-3-4-10-22(16)17/h3-7,10,12H,8-9,11H2,1-2H3,(H,19,23). The van der Waals surface area contributed by atoms with Crippen molar-refractivity contribution in [3.63, 3.8) is 0 Å². The smallest absolute Gasteiger partial charge is 0.224 e. The first-order valence-electron chi connectivity index (χ1n) is 7.97. The van der Waals surface area contributed by atoms with E-state index < -0.39 is 0 Å². The summed E-state index contributed by atoms with van der Waals surface area (Å²) in [4.78, 5) is 12.2. The molecule has 1 N–H and O–H groups in total. The normalized spacial score (nSPS) is 10.6. The number of fused-ring (bicyclic) bond motifs is 1. The van der Waals surface area contributed by atoms with Crippen molar-refractivity contribution in [3.8, 4) is 11.5 Å². The summed E-state index contributed by atoms with van der Waals surface area (Å²) in [7, 11) is 3.17. The molecule has 130 valence electrons. The van der Waals surface area contributed by atoms with Gasteiger partial charge in [0.15, 0.2) is 5.65 Å². The van der Waals surface area contributed by atoms with E-state index in [2.05, 4.69) is 15.5 Å². The molecule has 0 radical (unpaired) electrons. The summed E-state index contributed by atoms with van der Waals surface area (Å²) in [5.74, 6) is 2.08. The summed E-state index contributed by atoms with van der Waals surface area (Å²) in [6, 6.07) is 11.2. The molecule has 0 aliphatic rings. The monoisotopic (exact) mass is 340 g/mol.